The van der Waals surface area contributed by atoms with E-state index in [2.05, 4.69) is 23.3 Å². The molecule has 0 aliphatic heterocycles. The summed E-state index contributed by atoms with van der Waals surface area (Å²) in [4.78, 5) is 4.36. The van der Waals surface area contributed by atoms with E-state index in [1.54, 1.807) is 13.4 Å². The van der Waals surface area contributed by atoms with Gasteiger partial charge in [0.05, 0.1) is 24.6 Å². The summed E-state index contributed by atoms with van der Waals surface area (Å²) < 4.78 is 10.6. The van der Waals surface area contributed by atoms with Gasteiger partial charge in [0.25, 0.3) is 0 Å². The fraction of sp³-hybridized carbons (Fsp3) is 0.357. The van der Waals surface area contributed by atoms with E-state index < -0.39 is 0 Å². The monoisotopic (exact) mass is 246 g/mol. The number of aromatic nitrogens is 1. The van der Waals surface area contributed by atoms with Crippen molar-refractivity contribution in [1.29, 1.82) is 0 Å². The summed E-state index contributed by atoms with van der Waals surface area (Å²) in [6, 6.07) is 7.87. The molecule has 2 aromatic rings. The van der Waals surface area contributed by atoms with Crippen LogP contribution >= 0.6 is 0 Å². The highest BCUT2D eigenvalue weighted by Gasteiger charge is 2.14. The lowest BCUT2D eigenvalue weighted by Crippen LogP contribution is -2.25. The first-order valence-corrected chi connectivity index (χ1v) is 5.97. The van der Waals surface area contributed by atoms with Gasteiger partial charge < -0.3 is 9.15 Å². The minimum atomic E-state index is 0.0476. The van der Waals surface area contributed by atoms with Gasteiger partial charge >= 0.3 is 0 Å². The molecule has 0 amide bonds. The molecule has 4 nitrogen and oxygen atoms in total. The second-order valence-corrected chi connectivity index (χ2v) is 4.17. The van der Waals surface area contributed by atoms with Crippen LogP contribution < -0.4 is 5.32 Å². The normalized spacial score (nSPS) is 12.6. The number of nitrogens with one attached hydrogen (secondary N) is 1. The maximum atomic E-state index is 5.40. The van der Waals surface area contributed by atoms with Crippen LogP contribution in [0.3, 0.4) is 0 Å². The summed E-state index contributed by atoms with van der Waals surface area (Å²) in [5.74, 6) is 0.880. The van der Waals surface area contributed by atoms with E-state index in [9.17, 15) is 0 Å². The van der Waals surface area contributed by atoms with E-state index in [0.29, 0.717) is 13.2 Å². The summed E-state index contributed by atoms with van der Waals surface area (Å²) in [6.07, 6.45) is 3.48. The summed E-state index contributed by atoms with van der Waals surface area (Å²) in [5.41, 5.74) is 2.23. The summed E-state index contributed by atoms with van der Waals surface area (Å²) in [6.45, 7) is 3.32. The molecule has 1 N–H and O–H groups in total. The number of rotatable bonds is 6. The Balaban J connectivity index is 2.00. The lowest BCUT2D eigenvalue weighted by atomic mass is 10.2. The van der Waals surface area contributed by atoms with E-state index in [-0.39, 0.29) is 6.04 Å². The zero-order valence-corrected chi connectivity index (χ0v) is 10.7. The second kappa shape index (κ2) is 6.33. The fourth-order valence-corrected chi connectivity index (χ4v) is 1.82. The van der Waals surface area contributed by atoms with Gasteiger partial charge in [-0.2, -0.15) is 0 Å². The van der Waals surface area contributed by atoms with Crippen LogP contribution in [0.5, 0.6) is 0 Å². The van der Waals surface area contributed by atoms with E-state index in [4.69, 9.17) is 9.15 Å². The molecule has 0 aliphatic carbocycles. The van der Waals surface area contributed by atoms with Crippen LogP contribution in [0.15, 0.2) is 41.1 Å². The van der Waals surface area contributed by atoms with Crippen molar-refractivity contribution >= 4 is 0 Å². The largest absolute Gasteiger partial charge is 0.468 e. The average Bonchev–Trinajstić information content (AvgIpc) is 2.90. The number of nitrogens with zero attached hydrogens (tertiary/aromatic N) is 1. The summed E-state index contributed by atoms with van der Waals surface area (Å²) in [5, 5.41) is 3.40. The Bertz CT molecular complexity index is 468. The van der Waals surface area contributed by atoms with Crippen LogP contribution in [0, 0.1) is 6.92 Å². The third-order valence-corrected chi connectivity index (χ3v) is 2.85. The van der Waals surface area contributed by atoms with Crippen LogP contribution in [0.1, 0.15) is 23.1 Å². The SMILES string of the molecule is COC[C@@H](NCc1ncccc1C)c1ccco1. The van der Waals surface area contributed by atoms with Crippen molar-refractivity contribution in [3.05, 3.63) is 53.7 Å². The molecule has 0 spiro atoms. The Morgan fingerprint density at radius 1 is 1.39 bits per heavy atom. The van der Waals surface area contributed by atoms with Gasteiger partial charge in [-0.15, -0.1) is 0 Å². The van der Waals surface area contributed by atoms with Gasteiger partial charge in [-0.3, -0.25) is 10.3 Å². The smallest absolute Gasteiger partial charge is 0.123 e. The molecule has 0 bridgehead atoms. The highest BCUT2D eigenvalue weighted by atomic mass is 16.5. The predicted molar refractivity (Wildman–Crippen MR) is 69.1 cm³/mol. The Morgan fingerprint density at radius 3 is 2.94 bits per heavy atom. The highest BCUT2D eigenvalue weighted by Crippen LogP contribution is 2.14. The molecule has 0 radical (unpaired) electrons. The van der Waals surface area contributed by atoms with Crippen LogP contribution in [0.25, 0.3) is 0 Å². The van der Waals surface area contributed by atoms with Crippen molar-refractivity contribution in [2.24, 2.45) is 0 Å². The summed E-state index contributed by atoms with van der Waals surface area (Å²) >= 11 is 0. The third-order valence-electron chi connectivity index (χ3n) is 2.85. The van der Waals surface area contributed by atoms with Crippen molar-refractivity contribution < 1.29 is 9.15 Å². The van der Waals surface area contributed by atoms with E-state index >= 15 is 0 Å². The Hall–Kier alpha value is -1.65. The van der Waals surface area contributed by atoms with Gasteiger partial charge in [0.2, 0.25) is 0 Å². The third kappa shape index (κ3) is 3.18. The molecule has 0 fully saturated rings. The molecule has 0 saturated carbocycles. The zero-order chi connectivity index (χ0) is 12.8. The van der Waals surface area contributed by atoms with E-state index in [1.807, 2.05) is 24.4 Å². The molecule has 0 saturated heterocycles. The van der Waals surface area contributed by atoms with Crippen molar-refractivity contribution in [3.63, 3.8) is 0 Å². The van der Waals surface area contributed by atoms with Crippen LogP contribution in [-0.2, 0) is 11.3 Å². The minimum Gasteiger partial charge on any atom is -0.468 e. The number of pyridine rings is 1. The first-order valence-electron chi connectivity index (χ1n) is 5.97. The van der Waals surface area contributed by atoms with Crippen LogP contribution in [0.4, 0.5) is 0 Å². The van der Waals surface area contributed by atoms with Crippen molar-refractivity contribution in [3.8, 4) is 0 Å². The molecule has 0 aliphatic rings. The van der Waals surface area contributed by atoms with Gasteiger partial charge in [-0.25, -0.2) is 0 Å². The lowest BCUT2D eigenvalue weighted by Gasteiger charge is -2.16. The quantitative estimate of drug-likeness (QED) is 0.850. The Morgan fingerprint density at radius 2 is 2.28 bits per heavy atom. The molecule has 18 heavy (non-hydrogen) atoms. The second-order valence-electron chi connectivity index (χ2n) is 4.17. The minimum absolute atomic E-state index is 0.0476. The molecule has 2 heterocycles. The molecule has 1 atom stereocenters. The Kier molecular flexibility index (Phi) is 4.50. The Labute approximate surface area is 107 Å². The number of aryl methyl sites for hydroxylation is 1. The predicted octanol–water partition coefficient (Wildman–Crippen LogP) is 2.46. The first kappa shape index (κ1) is 12.8. The molecular weight excluding hydrogens is 228 g/mol. The van der Waals surface area contributed by atoms with Crippen molar-refractivity contribution in [2.75, 3.05) is 13.7 Å². The van der Waals surface area contributed by atoms with Crippen LogP contribution in [-0.4, -0.2) is 18.7 Å². The molecule has 0 aromatic carbocycles. The van der Waals surface area contributed by atoms with Gasteiger partial charge in [-0.05, 0) is 30.7 Å². The average molecular weight is 246 g/mol. The standard InChI is InChI=1S/C14H18N2O2/c1-11-5-3-7-15-12(11)9-16-13(10-17-2)14-6-4-8-18-14/h3-8,13,16H,9-10H2,1-2H3/t13-/m1/s1. The number of hydrogen-bond acceptors (Lipinski definition) is 4. The van der Waals surface area contributed by atoms with Gasteiger partial charge in [0.15, 0.2) is 0 Å². The van der Waals surface area contributed by atoms with Gasteiger partial charge in [0.1, 0.15) is 5.76 Å². The van der Waals surface area contributed by atoms with Crippen molar-refractivity contribution in [2.45, 2.75) is 19.5 Å². The van der Waals surface area contributed by atoms with E-state index in [1.165, 1.54) is 5.56 Å². The molecule has 4 heteroatoms. The summed E-state index contributed by atoms with van der Waals surface area (Å²) in [7, 11) is 1.68. The van der Waals surface area contributed by atoms with Gasteiger partial charge in [-0.1, -0.05) is 6.07 Å². The molecule has 96 valence electrons. The zero-order valence-electron chi connectivity index (χ0n) is 10.7. The number of hydrogen-bond donors (Lipinski definition) is 1. The highest BCUT2D eigenvalue weighted by molar-refractivity contribution is 5.17. The number of furan rings is 1. The lowest BCUT2D eigenvalue weighted by molar-refractivity contribution is 0.156. The van der Waals surface area contributed by atoms with Crippen LogP contribution in [0.2, 0.25) is 0 Å². The topological polar surface area (TPSA) is 47.3 Å². The van der Waals surface area contributed by atoms with Crippen molar-refractivity contribution in [1.82, 2.24) is 10.3 Å². The maximum Gasteiger partial charge on any atom is 0.123 e. The molecule has 2 aromatic heterocycles. The van der Waals surface area contributed by atoms with E-state index in [0.717, 1.165) is 11.5 Å². The van der Waals surface area contributed by atoms with Gasteiger partial charge in [0, 0.05) is 19.9 Å². The molecule has 2 rings (SSSR count). The fourth-order valence-electron chi connectivity index (χ4n) is 1.82. The molecule has 0 unspecified atom stereocenters. The number of ether oxygens (including phenoxy) is 1. The number of methoxy groups -OCH3 is 1. The maximum absolute atomic E-state index is 5.40. The first-order chi connectivity index (χ1) is 8.81. The molecular formula is C14H18N2O2.